The number of nitrogens with one attached hydrogen (secondary N) is 1. The minimum absolute atomic E-state index is 0.110. The Kier molecular flexibility index (Phi) is 5.53. The molecule has 16 heavy (non-hydrogen) atoms. The van der Waals surface area contributed by atoms with Gasteiger partial charge in [0.15, 0.2) is 0 Å². The van der Waals surface area contributed by atoms with E-state index in [9.17, 15) is 4.79 Å². The first-order valence-corrected chi connectivity index (χ1v) is 6.22. The maximum absolute atomic E-state index is 11.9. The highest BCUT2D eigenvalue weighted by atomic mass is 16.5. The lowest BCUT2D eigenvalue weighted by molar-refractivity contribution is -0.148. The van der Waals surface area contributed by atoms with Gasteiger partial charge >= 0.3 is 5.97 Å². The number of hydrogen-bond acceptors (Lipinski definition) is 3. The largest absolute Gasteiger partial charge is 0.465 e. The van der Waals surface area contributed by atoms with Crippen molar-refractivity contribution in [2.45, 2.75) is 45.6 Å². The SMILES string of the molecule is C=C(C)[C@H]1CCCN[C@H]1C(=O)OCCCC. The molecule has 1 N–H and O–H groups in total. The van der Waals surface area contributed by atoms with Crippen molar-refractivity contribution >= 4 is 5.97 Å². The third kappa shape index (κ3) is 3.63. The quantitative estimate of drug-likeness (QED) is 0.443. The molecule has 2 atom stereocenters. The van der Waals surface area contributed by atoms with Gasteiger partial charge in [-0.3, -0.25) is 4.79 Å². The molecule has 0 spiro atoms. The molecule has 0 amide bonds. The predicted molar refractivity (Wildman–Crippen MR) is 65.2 cm³/mol. The van der Waals surface area contributed by atoms with Crippen molar-refractivity contribution in [2.24, 2.45) is 5.92 Å². The Morgan fingerprint density at radius 2 is 2.31 bits per heavy atom. The van der Waals surface area contributed by atoms with Gasteiger partial charge in [-0.15, -0.1) is 0 Å². The summed E-state index contributed by atoms with van der Waals surface area (Å²) in [4.78, 5) is 11.9. The molecule has 1 saturated heterocycles. The number of ether oxygens (including phenoxy) is 1. The summed E-state index contributed by atoms with van der Waals surface area (Å²) in [7, 11) is 0. The number of carbonyl (C=O) groups is 1. The molecule has 1 aliphatic rings. The average molecular weight is 225 g/mol. The van der Waals surface area contributed by atoms with Gasteiger partial charge in [-0.1, -0.05) is 25.5 Å². The maximum Gasteiger partial charge on any atom is 0.323 e. The molecule has 0 aromatic rings. The third-order valence-corrected chi connectivity index (χ3v) is 3.09. The summed E-state index contributed by atoms with van der Waals surface area (Å²) < 4.78 is 5.26. The van der Waals surface area contributed by atoms with Gasteiger partial charge in [0.25, 0.3) is 0 Å². The van der Waals surface area contributed by atoms with E-state index in [0.717, 1.165) is 37.8 Å². The van der Waals surface area contributed by atoms with E-state index in [-0.39, 0.29) is 17.9 Å². The van der Waals surface area contributed by atoms with Crippen molar-refractivity contribution in [1.29, 1.82) is 0 Å². The second kappa shape index (κ2) is 6.69. The van der Waals surface area contributed by atoms with Crippen molar-refractivity contribution in [3.63, 3.8) is 0 Å². The zero-order chi connectivity index (χ0) is 12.0. The van der Waals surface area contributed by atoms with Crippen LogP contribution in [-0.4, -0.2) is 25.2 Å². The molecule has 1 heterocycles. The molecule has 1 aliphatic heterocycles. The van der Waals surface area contributed by atoms with E-state index in [0.29, 0.717) is 6.61 Å². The Morgan fingerprint density at radius 1 is 1.56 bits per heavy atom. The smallest absolute Gasteiger partial charge is 0.323 e. The van der Waals surface area contributed by atoms with Crippen LogP contribution in [0, 0.1) is 5.92 Å². The van der Waals surface area contributed by atoms with Gasteiger partial charge in [-0.25, -0.2) is 0 Å². The molecule has 1 fully saturated rings. The number of esters is 1. The Morgan fingerprint density at radius 3 is 2.94 bits per heavy atom. The minimum atomic E-state index is -0.178. The molecule has 92 valence electrons. The summed E-state index contributed by atoms with van der Waals surface area (Å²) in [5.74, 6) is 0.129. The molecule has 0 radical (unpaired) electrons. The molecule has 1 rings (SSSR count). The van der Waals surface area contributed by atoms with E-state index in [1.807, 2.05) is 6.92 Å². The summed E-state index contributed by atoms with van der Waals surface area (Å²) in [5.41, 5.74) is 1.07. The van der Waals surface area contributed by atoms with E-state index in [1.165, 1.54) is 0 Å². The van der Waals surface area contributed by atoms with Gasteiger partial charge in [-0.05, 0) is 32.7 Å². The predicted octanol–water partition coefficient (Wildman–Crippen LogP) is 2.27. The van der Waals surface area contributed by atoms with Gasteiger partial charge in [0, 0.05) is 5.92 Å². The maximum atomic E-state index is 11.9. The lowest BCUT2D eigenvalue weighted by atomic mass is 9.86. The van der Waals surface area contributed by atoms with E-state index in [4.69, 9.17) is 4.74 Å². The molecule has 0 aromatic carbocycles. The highest BCUT2D eigenvalue weighted by molar-refractivity contribution is 5.76. The fourth-order valence-electron chi connectivity index (χ4n) is 2.07. The summed E-state index contributed by atoms with van der Waals surface area (Å²) in [6.45, 7) is 9.48. The molecule has 3 heteroatoms. The monoisotopic (exact) mass is 225 g/mol. The first-order chi connectivity index (χ1) is 7.66. The Balaban J connectivity index is 2.47. The number of hydrogen-bond donors (Lipinski definition) is 1. The zero-order valence-electron chi connectivity index (χ0n) is 10.4. The first kappa shape index (κ1) is 13.2. The van der Waals surface area contributed by atoms with E-state index in [1.54, 1.807) is 0 Å². The van der Waals surface area contributed by atoms with Crippen LogP contribution >= 0.6 is 0 Å². The van der Waals surface area contributed by atoms with Crippen LogP contribution in [0.1, 0.15) is 39.5 Å². The number of rotatable bonds is 5. The van der Waals surface area contributed by atoms with Crippen LogP contribution in [0.4, 0.5) is 0 Å². The van der Waals surface area contributed by atoms with Crippen LogP contribution < -0.4 is 5.32 Å². The van der Waals surface area contributed by atoms with Gasteiger partial charge in [0.05, 0.1) is 6.61 Å². The Hall–Kier alpha value is -0.830. The summed E-state index contributed by atoms with van der Waals surface area (Å²) >= 11 is 0. The molecule has 0 saturated carbocycles. The summed E-state index contributed by atoms with van der Waals surface area (Å²) in [6, 6.07) is -0.178. The van der Waals surface area contributed by atoms with Crippen molar-refractivity contribution in [1.82, 2.24) is 5.32 Å². The molecule has 3 nitrogen and oxygen atoms in total. The second-order valence-electron chi connectivity index (χ2n) is 4.55. The van der Waals surface area contributed by atoms with Crippen molar-refractivity contribution in [3.8, 4) is 0 Å². The lowest BCUT2D eigenvalue weighted by Gasteiger charge is -2.31. The van der Waals surface area contributed by atoms with Crippen LogP contribution in [0.2, 0.25) is 0 Å². The topological polar surface area (TPSA) is 38.3 Å². The molecule has 0 aromatic heterocycles. The molecule has 0 bridgehead atoms. The van der Waals surface area contributed by atoms with E-state index in [2.05, 4.69) is 18.8 Å². The van der Waals surface area contributed by atoms with Crippen LogP contribution in [0.15, 0.2) is 12.2 Å². The fourth-order valence-corrected chi connectivity index (χ4v) is 2.07. The molecular weight excluding hydrogens is 202 g/mol. The standard InChI is InChI=1S/C13H23NO2/c1-4-5-9-16-13(15)12-11(10(2)3)7-6-8-14-12/h11-12,14H,2,4-9H2,1,3H3/t11-,12-/m1/s1. The number of carbonyl (C=O) groups excluding carboxylic acids is 1. The fraction of sp³-hybridized carbons (Fsp3) is 0.769. The summed E-state index contributed by atoms with van der Waals surface area (Å²) in [6.07, 6.45) is 4.14. The lowest BCUT2D eigenvalue weighted by Crippen LogP contribution is -2.48. The Labute approximate surface area is 98.2 Å². The van der Waals surface area contributed by atoms with Gasteiger partial charge in [-0.2, -0.15) is 0 Å². The van der Waals surface area contributed by atoms with Crippen LogP contribution in [-0.2, 0) is 9.53 Å². The third-order valence-electron chi connectivity index (χ3n) is 3.09. The van der Waals surface area contributed by atoms with Crippen LogP contribution in [0.25, 0.3) is 0 Å². The Bertz CT molecular complexity index is 250. The summed E-state index contributed by atoms with van der Waals surface area (Å²) in [5, 5.41) is 3.24. The van der Waals surface area contributed by atoms with Crippen molar-refractivity contribution in [3.05, 3.63) is 12.2 Å². The highest BCUT2D eigenvalue weighted by Gasteiger charge is 2.31. The van der Waals surface area contributed by atoms with Crippen LogP contribution in [0.5, 0.6) is 0 Å². The van der Waals surface area contributed by atoms with Gasteiger partial charge in [0.2, 0.25) is 0 Å². The zero-order valence-corrected chi connectivity index (χ0v) is 10.4. The van der Waals surface area contributed by atoms with Gasteiger partial charge < -0.3 is 10.1 Å². The second-order valence-corrected chi connectivity index (χ2v) is 4.55. The van der Waals surface area contributed by atoms with Crippen molar-refractivity contribution < 1.29 is 9.53 Å². The molecular formula is C13H23NO2. The first-order valence-electron chi connectivity index (χ1n) is 6.22. The average Bonchev–Trinajstić information content (AvgIpc) is 2.29. The minimum Gasteiger partial charge on any atom is -0.465 e. The van der Waals surface area contributed by atoms with E-state index < -0.39 is 0 Å². The highest BCUT2D eigenvalue weighted by Crippen LogP contribution is 2.23. The van der Waals surface area contributed by atoms with Gasteiger partial charge in [0.1, 0.15) is 6.04 Å². The number of unbranched alkanes of at least 4 members (excludes halogenated alkanes) is 1. The van der Waals surface area contributed by atoms with Crippen LogP contribution in [0.3, 0.4) is 0 Å². The molecule has 0 unspecified atom stereocenters. The number of piperidine rings is 1. The molecule has 0 aliphatic carbocycles. The van der Waals surface area contributed by atoms with Crippen molar-refractivity contribution in [2.75, 3.05) is 13.2 Å². The normalized spacial score (nSPS) is 25.1. The van der Waals surface area contributed by atoms with E-state index >= 15 is 0 Å².